The van der Waals surface area contributed by atoms with Gasteiger partial charge in [0, 0.05) is 7.11 Å². The fraction of sp³-hybridized carbons (Fsp3) is 0.333. The number of ether oxygens (including phenoxy) is 2. The highest BCUT2D eigenvalue weighted by Gasteiger charge is 2.08. The zero-order valence-corrected chi connectivity index (χ0v) is 9.84. The predicted molar refractivity (Wildman–Crippen MR) is 62.6 cm³/mol. The first-order chi connectivity index (χ1) is 8.22. The van der Waals surface area contributed by atoms with Gasteiger partial charge in [0.1, 0.15) is 12.4 Å². The summed E-state index contributed by atoms with van der Waals surface area (Å²) in [6.45, 7) is 2.55. The maximum absolute atomic E-state index is 11.3. The van der Waals surface area contributed by atoms with Crippen molar-refractivity contribution < 1.29 is 14.3 Å². The van der Waals surface area contributed by atoms with Crippen molar-refractivity contribution in [1.29, 1.82) is 0 Å². The fourth-order valence-electron chi connectivity index (χ4n) is 1.56. The largest absolute Gasteiger partial charge is 0.490 e. The zero-order valence-electron chi connectivity index (χ0n) is 9.84. The minimum Gasteiger partial charge on any atom is -0.490 e. The molecule has 0 bridgehead atoms. The molecule has 0 N–H and O–H groups in total. The lowest BCUT2D eigenvalue weighted by Gasteiger charge is -2.05. The highest BCUT2D eigenvalue weighted by molar-refractivity contribution is 6.00. The number of hydrogen-bond donors (Lipinski definition) is 0. The van der Waals surface area contributed by atoms with Crippen molar-refractivity contribution in [1.82, 2.24) is 9.61 Å². The van der Waals surface area contributed by atoms with E-state index in [-0.39, 0.29) is 5.78 Å². The van der Waals surface area contributed by atoms with Crippen molar-refractivity contribution in [3.63, 3.8) is 0 Å². The first-order valence-corrected chi connectivity index (χ1v) is 5.32. The van der Waals surface area contributed by atoms with E-state index in [0.29, 0.717) is 24.5 Å². The third kappa shape index (κ3) is 2.45. The molecule has 0 aromatic carbocycles. The number of hydrogen-bond acceptors (Lipinski definition) is 4. The number of pyridine rings is 1. The Morgan fingerprint density at radius 1 is 1.41 bits per heavy atom. The Hall–Kier alpha value is -1.88. The van der Waals surface area contributed by atoms with Gasteiger partial charge in [-0.15, -0.1) is 0 Å². The molecule has 0 aliphatic carbocycles. The van der Waals surface area contributed by atoms with Gasteiger partial charge in [-0.25, -0.2) is 4.52 Å². The Balaban J connectivity index is 2.23. The highest BCUT2D eigenvalue weighted by Crippen LogP contribution is 2.16. The molecule has 2 rings (SSSR count). The van der Waals surface area contributed by atoms with Crippen molar-refractivity contribution in [2.24, 2.45) is 0 Å². The van der Waals surface area contributed by atoms with E-state index in [0.717, 1.165) is 5.52 Å². The number of aromatic nitrogens is 2. The summed E-state index contributed by atoms with van der Waals surface area (Å²) in [6, 6.07) is 3.64. The Bertz CT molecular complexity index is 534. The van der Waals surface area contributed by atoms with Crippen LogP contribution in [-0.4, -0.2) is 35.7 Å². The van der Waals surface area contributed by atoms with Gasteiger partial charge >= 0.3 is 0 Å². The van der Waals surface area contributed by atoms with Crippen LogP contribution in [0.3, 0.4) is 0 Å². The SMILES string of the molecule is COCCOc1ccc2c(C(C)=O)cnn2c1. The van der Waals surface area contributed by atoms with Gasteiger partial charge in [0.15, 0.2) is 5.78 Å². The Labute approximate surface area is 99.0 Å². The molecule has 2 aromatic heterocycles. The minimum absolute atomic E-state index is 0.00745. The molecule has 0 fully saturated rings. The average Bonchev–Trinajstić information content (AvgIpc) is 2.72. The third-order valence-corrected chi connectivity index (χ3v) is 2.42. The lowest BCUT2D eigenvalue weighted by molar-refractivity contribution is 0.101. The number of ketones is 1. The van der Waals surface area contributed by atoms with E-state index in [9.17, 15) is 4.79 Å². The van der Waals surface area contributed by atoms with Crippen molar-refractivity contribution in [2.45, 2.75) is 6.92 Å². The summed E-state index contributed by atoms with van der Waals surface area (Å²) in [5.74, 6) is 0.709. The van der Waals surface area contributed by atoms with E-state index in [4.69, 9.17) is 9.47 Å². The van der Waals surface area contributed by atoms with Crippen LogP contribution >= 0.6 is 0 Å². The lowest BCUT2D eigenvalue weighted by atomic mass is 10.2. The van der Waals surface area contributed by atoms with Crippen LogP contribution < -0.4 is 4.74 Å². The van der Waals surface area contributed by atoms with Gasteiger partial charge in [0.25, 0.3) is 0 Å². The molecule has 17 heavy (non-hydrogen) atoms. The Morgan fingerprint density at radius 2 is 2.24 bits per heavy atom. The van der Waals surface area contributed by atoms with Gasteiger partial charge in [-0.05, 0) is 19.1 Å². The molecule has 0 spiro atoms. The first-order valence-electron chi connectivity index (χ1n) is 5.32. The quantitative estimate of drug-likeness (QED) is 0.582. The molecular weight excluding hydrogens is 220 g/mol. The van der Waals surface area contributed by atoms with Crippen LogP contribution in [-0.2, 0) is 4.74 Å². The zero-order chi connectivity index (χ0) is 12.3. The number of rotatable bonds is 5. The van der Waals surface area contributed by atoms with E-state index in [1.54, 1.807) is 24.0 Å². The maximum Gasteiger partial charge on any atom is 0.163 e. The molecule has 0 aliphatic heterocycles. The van der Waals surface area contributed by atoms with E-state index >= 15 is 0 Å². The molecular formula is C12H14N2O3. The van der Waals surface area contributed by atoms with Crippen LogP contribution in [0.15, 0.2) is 24.5 Å². The van der Waals surface area contributed by atoms with Gasteiger partial charge in [-0.2, -0.15) is 5.10 Å². The smallest absolute Gasteiger partial charge is 0.163 e. The van der Waals surface area contributed by atoms with Crippen molar-refractivity contribution in [2.75, 3.05) is 20.3 Å². The van der Waals surface area contributed by atoms with Gasteiger partial charge < -0.3 is 9.47 Å². The summed E-state index contributed by atoms with van der Waals surface area (Å²) in [4.78, 5) is 11.3. The van der Waals surface area contributed by atoms with E-state index in [1.807, 2.05) is 12.1 Å². The van der Waals surface area contributed by atoms with Gasteiger partial charge in [-0.1, -0.05) is 0 Å². The molecule has 0 atom stereocenters. The molecule has 0 saturated carbocycles. The van der Waals surface area contributed by atoms with Crippen molar-refractivity contribution in [3.05, 3.63) is 30.1 Å². The molecule has 0 saturated heterocycles. The lowest BCUT2D eigenvalue weighted by Crippen LogP contribution is -2.04. The summed E-state index contributed by atoms with van der Waals surface area (Å²) in [6.07, 6.45) is 3.31. The van der Waals surface area contributed by atoms with Crippen LogP contribution in [0.5, 0.6) is 5.75 Å². The van der Waals surface area contributed by atoms with Crippen LogP contribution in [0.4, 0.5) is 0 Å². The molecule has 0 unspecified atom stereocenters. The summed E-state index contributed by atoms with van der Waals surface area (Å²) in [7, 11) is 1.62. The summed E-state index contributed by atoms with van der Waals surface area (Å²) in [5, 5.41) is 4.11. The summed E-state index contributed by atoms with van der Waals surface area (Å²) >= 11 is 0. The van der Waals surface area contributed by atoms with Crippen molar-refractivity contribution >= 4 is 11.3 Å². The van der Waals surface area contributed by atoms with Crippen LogP contribution in [0.1, 0.15) is 17.3 Å². The Morgan fingerprint density at radius 3 is 2.94 bits per heavy atom. The van der Waals surface area contributed by atoms with Gasteiger partial charge in [0.2, 0.25) is 0 Å². The van der Waals surface area contributed by atoms with Crippen LogP contribution in [0, 0.1) is 0 Å². The van der Waals surface area contributed by atoms with E-state index in [2.05, 4.69) is 5.10 Å². The van der Waals surface area contributed by atoms with Crippen LogP contribution in [0.25, 0.3) is 5.52 Å². The molecule has 0 radical (unpaired) electrons. The number of fused-ring (bicyclic) bond motifs is 1. The minimum atomic E-state index is 0.00745. The van der Waals surface area contributed by atoms with E-state index < -0.39 is 0 Å². The molecule has 0 aliphatic rings. The van der Waals surface area contributed by atoms with E-state index in [1.165, 1.54) is 6.92 Å². The molecule has 5 heteroatoms. The number of carbonyl (C=O) groups is 1. The average molecular weight is 234 g/mol. The summed E-state index contributed by atoms with van der Waals surface area (Å²) < 4.78 is 12.0. The number of nitrogens with zero attached hydrogens (tertiary/aromatic N) is 2. The molecule has 5 nitrogen and oxygen atoms in total. The second-order valence-corrected chi connectivity index (χ2v) is 3.65. The second-order valence-electron chi connectivity index (χ2n) is 3.65. The third-order valence-electron chi connectivity index (χ3n) is 2.42. The topological polar surface area (TPSA) is 52.8 Å². The normalized spacial score (nSPS) is 10.7. The summed E-state index contributed by atoms with van der Waals surface area (Å²) in [5.41, 5.74) is 1.41. The van der Waals surface area contributed by atoms with Gasteiger partial charge in [-0.3, -0.25) is 4.79 Å². The van der Waals surface area contributed by atoms with Crippen LogP contribution in [0.2, 0.25) is 0 Å². The Kier molecular flexibility index (Phi) is 3.39. The standard InChI is InChI=1S/C12H14N2O3/c1-9(15)11-7-13-14-8-10(3-4-12(11)14)17-6-5-16-2/h3-4,7-8H,5-6H2,1-2H3. The number of methoxy groups -OCH3 is 1. The van der Waals surface area contributed by atoms with Gasteiger partial charge in [0.05, 0.1) is 30.1 Å². The number of Topliss-reactive ketones (excluding diaryl/α,β-unsaturated/α-hetero) is 1. The molecule has 90 valence electrons. The second kappa shape index (κ2) is 4.97. The molecule has 2 aromatic rings. The molecule has 0 amide bonds. The predicted octanol–water partition coefficient (Wildman–Crippen LogP) is 1.56. The highest BCUT2D eigenvalue weighted by atomic mass is 16.5. The maximum atomic E-state index is 11.3. The molecule has 2 heterocycles. The van der Waals surface area contributed by atoms with Crippen molar-refractivity contribution in [3.8, 4) is 5.75 Å². The monoisotopic (exact) mass is 234 g/mol. The number of carbonyl (C=O) groups excluding carboxylic acids is 1. The fourth-order valence-corrected chi connectivity index (χ4v) is 1.56. The first kappa shape index (κ1) is 11.6.